The molecule has 0 amide bonds. The van der Waals surface area contributed by atoms with Crippen molar-refractivity contribution in [1.82, 2.24) is 10.1 Å². The Hall–Kier alpha value is -1.88. The van der Waals surface area contributed by atoms with Gasteiger partial charge in [-0.3, -0.25) is 0 Å². The molecule has 0 bridgehead atoms. The van der Waals surface area contributed by atoms with Crippen LogP contribution in [-0.4, -0.2) is 17.3 Å². The van der Waals surface area contributed by atoms with Gasteiger partial charge in [0.25, 0.3) is 0 Å². The lowest BCUT2D eigenvalue weighted by molar-refractivity contribution is 0.322. The lowest BCUT2D eigenvalue weighted by Gasteiger charge is -2.09. The number of aromatic nitrogens is 2. The summed E-state index contributed by atoms with van der Waals surface area (Å²) in [5, 5.41) is 3.96. The van der Waals surface area contributed by atoms with Crippen molar-refractivity contribution >= 4 is 0 Å². The second kappa shape index (κ2) is 5.84. The third-order valence-electron chi connectivity index (χ3n) is 2.98. The van der Waals surface area contributed by atoms with Gasteiger partial charge >= 0.3 is 0 Å². The topological polar surface area (TPSA) is 74.2 Å². The highest BCUT2D eigenvalue weighted by molar-refractivity contribution is 5.30. The van der Waals surface area contributed by atoms with Crippen molar-refractivity contribution in [2.75, 3.05) is 7.11 Å². The van der Waals surface area contributed by atoms with Crippen LogP contribution in [0.1, 0.15) is 37.2 Å². The number of rotatable bonds is 5. The van der Waals surface area contributed by atoms with E-state index in [9.17, 15) is 0 Å². The molecule has 0 aliphatic rings. The molecule has 0 saturated carbocycles. The molecule has 0 aliphatic heterocycles. The third kappa shape index (κ3) is 3.32. The van der Waals surface area contributed by atoms with E-state index >= 15 is 0 Å². The Balaban J connectivity index is 2.11. The molecular formula is C14H19N3O2. The zero-order valence-corrected chi connectivity index (χ0v) is 11.5. The van der Waals surface area contributed by atoms with Crippen molar-refractivity contribution < 1.29 is 9.26 Å². The van der Waals surface area contributed by atoms with E-state index in [0.717, 1.165) is 11.3 Å². The average Bonchev–Trinajstić information content (AvgIpc) is 2.86. The number of hydrogen-bond donors (Lipinski definition) is 1. The lowest BCUT2D eigenvalue weighted by Crippen LogP contribution is -2.17. The van der Waals surface area contributed by atoms with Crippen LogP contribution in [0.2, 0.25) is 0 Å². The van der Waals surface area contributed by atoms with Gasteiger partial charge < -0.3 is 15.0 Å². The van der Waals surface area contributed by atoms with Crippen molar-refractivity contribution in [3.63, 3.8) is 0 Å². The number of hydrogen-bond acceptors (Lipinski definition) is 5. The van der Waals surface area contributed by atoms with Gasteiger partial charge in [0.1, 0.15) is 5.75 Å². The second-order valence-corrected chi connectivity index (χ2v) is 4.85. The summed E-state index contributed by atoms with van der Waals surface area (Å²) in [5.74, 6) is 2.22. The molecule has 5 heteroatoms. The van der Waals surface area contributed by atoms with E-state index < -0.39 is 0 Å². The molecule has 0 radical (unpaired) electrons. The maximum Gasteiger partial charge on any atom is 0.243 e. The summed E-state index contributed by atoms with van der Waals surface area (Å²) in [4.78, 5) is 4.34. The molecule has 0 fully saturated rings. The van der Waals surface area contributed by atoms with Crippen LogP contribution in [0.4, 0.5) is 0 Å². The van der Waals surface area contributed by atoms with Crippen LogP contribution in [0.5, 0.6) is 5.75 Å². The van der Waals surface area contributed by atoms with Crippen LogP contribution in [0.15, 0.2) is 28.8 Å². The molecule has 0 spiro atoms. The first-order valence-electron chi connectivity index (χ1n) is 6.31. The highest BCUT2D eigenvalue weighted by Gasteiger charge is 2.18. The predicted octanol–water partition coefficient (Wildman–Crippen LogP) is 2.32. The number of benzene rings is 1. The first-order valence-corrected chi connectivity index (χ1v) is 6.31. The van der Waals surface area contributed by atoms with E-state index in [-0.39, 0.29) is 12.0 Å². The summed E-state index contributed by atoms with van der Waals surface area (Å²) in [6.45, 7) is 4.05. The summed E-state index contributed by atoms with van der Waals surface area (Å²) < 4.78 is 10.4. The molecule has 0 aliphatic carbocycles. The molecule has 5 nitrogen and oxygen atoms in total. The van der Waals surface area contributed by atoms with Crippen molar-refractivity contribution in [2.45, 2.75) is 26.3 Å². The van der Waals surface area contributed by atoms with Crippen molar-refractivity contribution in [2.24, 2.45) is 11.7 Å². The van der Waals surface area contributed by atoms with Gasteiger partial charge in [0.2, 0.25) is 5.89 Å². The fraction of sp³-hybridized carbons (Fsp3) is 0.429. The van der Waals surface area contributed by atoms with Crippen LogP contribution in [0, 0.1) is 5.92 Å². The summed E-state index contributed by atoms with van der Waals surface area (Å²) in [6, 6.07) is 7.58. The van der Waals surface area contributed by atoms with Crippen LogP contribution < -0.4 is 10.5 Å². The monoisotopic (exact) mass is 261 g/mol. The normalized spacial score (nSPS) is 12.7. The molecule has 102 valence electrons. The molecule has 1 aromatic heterocycles. The van der Waals surface area contributed by atoms with Crippen LogP contribution in [-0.2, 0) is 6.42 Å². The molecule has 0 unspecified atom stereocenters. The minimum absolute atomic E-state index is 0.216. The molecular weight excluding hydrogens is 242 g/mol. The van der Waals surface area contributed by atoms with Crippen molar-refractivity contribution in [3.05, 3.63) is 41.5 Å². The van der Waals surface area contributed by atoms with Gasteiger partial charge in [-0.15, -0.1) is 0 Å². The van der Waals surface area contributed by atoms with Crippen LogP contribution in [0.3, 0.4) is 0 Å². The van der Waals surface area contributed by atoms with E-state index in [4.69, 9.17) is 15.0 Å². The zero-order valence-electron chi connectivity index (χ0n) is 11.5. The van der Waals surface area contributed by atoms with E-state index in [1.807, 2.05) is 38.1 Å². The molecule has 1 heterocycles. The zero-order chi connectivity index (χ0) is 13.8. The number of nitrogens with zero attached hydrogens (tertiary/aromatic N) is 2. The predicted molar refractivity (Wildman–Crippen MR) is 71.9 cm³/mol. The molecule has 1 aromatic carbocycles. The Bertz CT molecular complexity index is 537. The number of nitrogens with two attached hydrogens (primary N) is 1. The molecule has 2 N–H and O–H groups in total. The Morgan fingerprint density at radius 3 is 2.84 bits per heavy atom. The molecule has 19 heavy (non-hydrogen) atoms. The van der Waals surface area contributed by atoms with E-state index in [1.54, 1.807) is 7.11 Å². The highest BCUT2D eigenvalue weighted by Crippen LogP contribution is 2.19. The first-order chi connectivity index (χ1) is 9.10. The Morgan fingerprint density at radius 1 is 1.37 bits per heavy atom. The maximum absolute atomic E-state index is 5.97. The summed E-state index contributed by atoms with van der Waals surface area (Å²) >= 11 is 0. The van der Waals surface area contributed by atoms with Crippen LogP contribution >= 0.6 is 0 Å². The SMILES string of the molecule is COc1cccc(Cc2noc([C@@H](N)C(C)C)n2)c1. The largest absolute Gasteiger partial charge is 0.497 e. The quantitative estimate of drug-likeness (QED) is 0.894. The maximum atomic E-state index is 5.97. The molecule has 0 saturated heterocycles. The Labute approximate surface area is 112 Å². The van der Waals surface area contributed by atoms with Crippen molar-refractivity contribution in [3.8, 4) is 5.75 Å². The Kier molecular flexibility index (Phi) is 4.16. The summed E-state index contributed by atoms with van der Waals surface area (Å²) in [6.07, 6.45) is 0.603. The van der Waals surface area contributed by atoms with Gasteiger partial charge in [-0.2, -0.15) is 4.98 Å². The van der Waals surface area contributed by atoms with Gasteiger partial charge in [-0.1, -0.05) is 31.1 Å². The summed E-state index contributed by atoms with van der Waals surface area (Å²) in [5.41, 5.74) is 7.05. The fourth-order valence-corrected chi connectivity index (χ4v) is 1.72. The first kappa shape index (κ1) is 13.5. The number of ether oxygens (including phenoxy) is 1. The van der Waals surface area contributed by atoms with E-state index in [0.29, 0.717) is 18.1 Å². The van der Waals surface area contributed by atoms with Gasteiger partial charge in [0, 0.05) is 6.42 Å². The third-order valence-corrected chi connectivity index (χ3v) is 2.98. The highest BCUT2D eigenvalue weighted by atomic mass is 16.5. The second-order valence-electron chi connectivity index (χ2n) is 4.85. The molecule has 2 aromatic rings. The van der Waals surface area contributed by atoms with E-state index in [1.165, 1.54) is 0 Å². The van der Waals surface area contributed by atoms with Gasteiger partial charge in [0.05, 0.1) is 13.2 Å². The molecule has 1 atom stereocenters. The van der Waals surface area contributed by atoms with Gasteiger partial charge in [0.15, 0.2) is 5.82 Å². The fourth-order valence-electron chi connectivity index (χ4n) is 1.72. The lowest BCUT2D eigenvalue weighted by atomic mass is 10.1. The Morgan fingerprint density at radius 2 is 2.16 bits per heavy atom. The van der Waals surface area contributed by atoms with Crippen molar-refractivity contribution in [1.29, 1.82) is 0 Å². The summed E-state index contributed by atoms with van der Waals surface area (Å²) in [7, 11) is 1.65. The standard InChI is InChI=1S/C14H19N3O2/c1-9(2)13(15)14-16-12(17-19-14)8-10-5-4-6-11(7-10)18-3/h4-7,9,13H,8,15H2,1-3H3/t13-/m0/s1. The van der Waals surface area contributed by atoms with Gasteiger partial charge in [-0.25, -0.2) is 0 Å². The smallest absolute Gasteiger partial charge is 0.243 e. The minimum atomic E-state index is -0.216. The van der Waals surface area contributed by atoms with Crippen LogP contribution in [0.25, 0.3) is 0 Å². The minimum Gasteiger partial charge on any atom is -0.497 e. The van der Waals surface area contributed by atoms with E-state index in [2.05, 4.69) is 10.1 Å². The van der Waals surface area contributed by atoms with Gasteiger partial charge in [-0.05, 0) is 23.6 Å². The molecule has 2 rings (SSSR count). The average molecular weight is 261 g/mol. The number of methoxy groups -OCH3 is 1.